The van der Waals surface area contributed by atoms with Crippen LogP contribution < -0.4 is 15.4 Å². The van der Waals surface area contributed by atoms with Crippen molar-refractivity contribution in [1.29, 1.82) is 0 Å². The molecule has 2 N–H and O–H groups in total. The molecule has 0 saturated carbocycles. The van der Waals surface area contributed by atoms with Crippen molar-refractivity contribution >= 4 is 57.2 Å². The van der Waals surface area contributed by atoms with Crippen molar-refractivity contribution in [2.45, 2.75) is 6.54 Å². The van der Waals surface area contributed by atoms with Crippen LogP contribution >= 0.6 is 51.2 Å². The number of aliphatic imine (C=N–C) groups is 1. The molecule has 0 saturated heterocycles. The summed E-state index contributed by atoms with van der Waals surface area (Å²) < 4.78 is 6.73. The number of nitrogens with zero attached hydrogens (tertiary/aromatic N) is 1. The van der Waals surface area contributed by atoms with E-state index < -0.39 is 0 Å². The topological polar surface area (TPSA) is 45.7 Å². The average molecular weight is 496 g/mol. The molecular weight excluding hydrogens is 477 g/mol. The van der Waals surface area contributed by atoms with Gasteiger partial charge < -0.3 is 15.4 Å². The Bertz CT molecular complexity index is 577. The molecule has 120 valence electrons. The molecule has 1 heterocycles. The van der Waals surface area contributed by atoms with Gasteiger partial charge in [-0.2, -0.15) is 0 Å². The Morgan fingerprint density at radius 3 is 2.68 bits per heavy atom. The van der Waals surface area contributed by atoms with Crippen LogP contribution in [0.4, 0.5) is 0 Å². The second-order valence-electron chi connectivity index (χ2n) is 4.25. The first-order valence-corrected chi connectivity index (χ1v) is 8.30. The predicted octanol–water partition coefficient (Wildman–Crippen LogP) is 3.87. The molecule has 0 fully saturated rings. The van der Waals surface area contributed by atoms with Crippen LogP contribution in [0.5, 0.6) is 5.75 Å². The van der Waals surface area contributed by atoms with Crippen molar-refractivity contribution in [2.24, 2.45) is 4.99 Å². The van der Waals surface area contributed by atoms with Gasteiger partial charge in [0.2, 0.25) is 0 Å². The van der Waals surface area contributed by atoms with Crippen molar-refractivity contribution < 1.29 is 4.74 Å². The van der Waals surface area contributed by atoms with E-state index in [-0.39, 0.29) is 24.0 Å². The van der Waals surface area contributed by atoms with Gasteiger partial charge in [-0.05, 0) is 34.1 Å². The highest BCUT2D eigenvalue weighted by Crippen LogP contribution is 2.19. The van der Waals surface area contributed by atoms with E-state index in [2.05, 4.69) is 43.0 Å². The van der Waals surface area contributed by atoms with Crippen LogP contribution in [0.25, 0.3) is 0 Å². The smallest absolute Gasteiger partial charge is 0.191 e. The third kappa shape index (κ3) is 6.97. The second kappa shape index (κ2) is 10.8. The highest BCUT2D eigenvalue weighted by Gasteiger charge is 2.00. The summed E-state index contributed by atoms with van der Waals surface area (Å²) in [5, 5.41) is 8.56. The molecule has 0 amide bonds. The van der Waals surface area contributed by atoms with Crippen LogP contribution in [-0.4, -0.2) is 26.2 Å². The minimum absolute atomic E-state index is 0. The van der Waals surface area contributed by atoms with Gasteiger partial charge in [-0.3, -0.25) is 4.99 Å². The number of nitrogens with one attached hydrogen (secondary N) is 2. The summed E-state index contributed by atoms with van der Waals surface area (Å²) in [6.45, 7) is 2.05. The maximum absolute atomic E-state index is 5.62. The van der Waals surface area contributed by atoms with Crippen LogP contribution in [0.2, 0.25) is 0 Å². The van der Waals surface area contributed by atoms with Gasteiger partial charge in [0.25, 0.3) is 0 Å². The summed E-state index contributed by atoms with van der Waals surface area (Å²) >= 11 is 5.16. The average Bonchev–Trinajstić information content (AvgIpc) is 2.93. The molecule has 0 aliphatic heterocycles. The number of ether oxygens (including phenoxy) is 1. The number of benzene rings is 1. The summed E-state index contributed by atoms with van der Waals surface area (Å²) in [6, 6.07) is 11.9. The fraction of sp³-hybridized carbons (Fsp3) is 0.267. The Labute approximate surface area is 160 Å². The molecule has 2 aromatic rings. The molecule has 0 aliphatic rings. The Morgan fingerprint density at radius 1 is 1.27 bits per heavy atom. The molecule has 0 spiro atoms. The quantitative estimate of drug-likeness (QED) is 0.277. The van der Waals surface area contributed by atoms with Gasteiger partial charge in [-0.15, -0.1) is 35.3 Å². The summed E-state index contributed by atoms with van der Waals surface area (Å²) in [5.41, 5.74) is 0. The third-order valence-corrected chi connectivity index (χ3v) is 4.38. The van der Waals surface area contributed by atoms with Crippen LogP contribution in [0.1, 0.15) is 4.88 Å². The molecule has 0 unspecified atom stereocenters. The van der Waals surface area contributed by atoms with Crippen molar-refractivity contribution in [3.8, 4) is 5.75 Å². The minimum atomic E-state index is 0. The Balaban J connectivity index is 0.00000242. The zero-order valence-electron chi connectivity index (χ0n) is 12.2. The van der Waals surface area contributed by atoms with Gasteiger partial charge >= 0.3 is 0 Å². The number of guanidine groups is 1. The summed E-state index contributed by atoms with van der Waals surface area (Å²) in [4.78, 5) is 5.44. The van der Waals surface area contributed by atoms with Crippen molar-refractivity contribution in [2.75, 3.05) is 20.2 Å². The van der Waals surface area contributed by atoms with Crippen LogP contribution in [-0.2, 0) is 6.54 Å². The second-order valence-corrected chi connectivity index (χ2v) is 6.16. The van der Waals surface area contributed by atoms with E-state index in [1.807, 2.05) is 30.3 Å². The normalized spacial score (nSPS) is 10.7. The van der Waals surface area contributed by atoms with Crippen LogP contribution in [0, 0.1) is 0 Å². The number of para-hydroxylation sites is 1. The molecule has 7 heteroatoms. The maximum Gasteiger partial charge on any atom is 0.191 e. The van der Waals surface area contributed by atoms with Gasteiger partial charge in [-0.25, -0.2) is 0 Å². The lowest BCUT2D eigenvalue weighted by Crippen LogP contribution is -2.38. The van der Waals surface area contributed by atoms with Crippen LogP contribution in [0.15, 0.2) is 51.2 Å². The number of halogens is 2. The summed E-state index contributed by atoms with van der Waals surface area (Å²) in [6.07, 6.45) is 0. The van der Waals surface area contributed by atoms with Crippen molar-refractivity contribution in [3.63, 3.8) is 0 Å². The van der Waals surface area contributed by atoms with Gasteiger partial charge in [0.05, 0.1) is 13.1 Å². The molecule has 0 atom stereocenters. The van der Waals surface area contributed by atoms with Gasteiger partial charge in [0.15, 0.2) is 5.96 Å². The summed E-state index contributed by atoms with van der Waals surface area (Å²) in [5.74, 6) is 1.65. The van der Waals surface area contributed by atoms with Gasteiger partial charge in [0.1, 0.15) is 12.4 Å². The molecule has 2 rings (SSSR count). The fourth-order valence-electron chi connectivity index (χ4n) is 1.69. The number of hydrogen-bond donors (Lipinski definition) is 2. The largest absolute Gasteiger partial charge is 0.492 e. The monoisotopic (exact) mass is 495 g/mol. The standard InChI is InChI=1S/C15H18BrN3OS.HI/c1-17-15(19-10-14-9-12(16)11-21-14)18-7-8-20-13-5-3-2-4-6-13;/h2-6,9,11H,7-8,10H2,1H3,(H2,17,18,19);1H. The maximum atomic E-state index is 5.62. The first-order chi connectivity index (χ1) is 10.3. The first-order valence-electron chi connectivity index (χ1n) is 6.63. The zero-order chi connectivity index (χ0) is 14.9. The molecule has 4 nitrogen and oxygen atoms in total. The van der Waals surface area contributed by atoms with E-state index in [1.54, 1.807) is 18.4 Å². The lowest BCUT2D eigenvalue weighted by atomic mass is 10.3. The Hall–Kier alpha value is -0.800. The van der Waals surface area contributed by atoms with Crippen molar-refractivity contribution in [3.05, 3.63) is 51.1 Å². The van der Waals surface area contributed by atoms with Gasteiger partial charge in [-0.1, -0.05) is 18.2 Å². The first kappa shape index (κ1) is 19.2. The SMILES string of the molecule is CN=C(NCCOc1ccccc1)NCc1cc(Br)cs1.I. The molecule has 1 aromatic carbocycles. The molecular formula is C15H19BrIN3OS. The zero-order valence-corrected chi connectivity index (χ0v) is 16.9. The molecule has 0 bridgehead atoms. The fourth-order valence-corrected chi connectivity index (χ4v) is 3.08. The molecule has 1 aromatic heterocycles. The number of hydrogen-bond acceptors (Lipinski definition) is 3. The van der Waals surface area contributed by atoms with E-state index in [9.17, 15) is 0 Å². The lowest BCUT2D eigenvalue weighted by Gasteiger charge is -2.11. The van der Waals surface area contributed by atoms with Gasteiger partial charge in [0, 0.05) is 21.8 Å². The number of thiophene rings is 1. The third-order valence-electron chi connectivity index (χ3n) is 2.68. The Kier molecular flexibility index (Phi) is 9.49. The van der Waals surface area contributed by atoms with Crippen LogP contribution in [0.3, 0.4) is 0 Å². The van der Waals surface area contributed by atoms with E-state index >= 15 is 0 Å². The van der Waals surface area contributed by atoms with E-state index in [4.69, 9.17) is 4.74 Å². The molecule has 22 heavy (non-hydrogen) atoms. The molecule has 0 radical (unpaired) electrons. The Morgan fingerprint density at radius 2 is 2.05 bits per heavy atom. The van der Waals surface area contributed by atoms with Crippen molar-refractivity contribution in [1.82, 2.24) is 10.6 Å². The number of rotatable bonds is 6. The van der Waals surface area contributed by atoms with E-state index in [0.29, 0.717) is 13.2 Å². The van der Waals surface area contributed by atoms with E-state index in [1.165, 1.54) is 4.88 Å². The highest BCUT2D eigenvalue weighted by molar-refractivity contribution is 14.0. The highest BCUT2D eigenvalue weighted by atomic mass is 127. The predicted molar refractivity (Wildman–Crippen MR) is 108 cm³/mol. The minimum Gasteiger partial charge on any atom is -0.492 e. The molecule has 0 aliphatic carbocycles. The summed E-state index contributed by atoms with van der Waals surface area (Å²) in [7, 11) is 1.76. The van der Waals surface area contributed by atoms with E-state index in [0.717, 1.165) is 22.7 Å². The lowest BCUT2D eigenvalue weighted by molar-refractivity contribution is 0.322.